The van der Waals surface area contributed by atoms with Crippen molar-refractivity contribution in [1.82, 2.24) is 10.3 Å². The van der Waals surface area contributed by atoms with Crippen molar-refractivity contribution in [1.29, 1.82) is 0 Å². The second-order valence-electron chi connectivity index (χ2n) is 5.22. The number of amides is 1. The monoisotopic (exact) mass is 300 g/mol. The van der Waals surface area contributed by atoms with Crippen molar-refractivity contribution in [2.24, 2.45) is 0 Å². The van der Waals surface area contributed by atoms with Crippen LogP contribution in [0.1, 0.15) is 42.5 Å². The molecule has 22 heavy (non-hydrogen) atoms. The van der Waals surface area contributed by atoms with Crippen LogP contribution in [0.15, 0.2) is 36.7 Å². The van der Waals surface area contributed by atoms with Crippen molar-refractivity contribution in [3.8, 4) is 0 Å². The topological polar surface area (TPSA) is 79.3 Å². The van der Waals surface area contributed by atoms with Crippen molar-refractivity contribution >= 4 is 22.6 Å². The van der Waals surface area contributed by atoms with Crippen LogP contribution in [0.3, 0.4) is 0 Å². The summed E-state index contributed by atoms with van der Waals surface area (Å²) in [6.45, 7) is 0.592. The van der Waals surface area contributed by atoms with E-state index in [0.29, 0.717) is 18.5 Å². The average molecular weight is 300 g/mol. The second-order valence-corrected chi connectivity index (χ2v) is 5.22. The number of nitrogens with zero attached hydrogens (tertiary/aromatic N) is 1. The fourth-order valence-electron chi connectivity index (χ4n) is 2.35. The van der Waals surface area contributed by atoms with Crippen LogP contribution in [0.25, 0.3) is 10.8 Å². The lowest BCUT2D eigenvalue weighted by atomic mass is 10.1. The number of carbonyl (C=O) groups is 2. The highest BCUT2D eigenvalue weighted by Gasteiger charge is 2.09. The van der Waals surface area contributed by atoms with Gasteiger partial charge in [-0.05, 0) is 18.2 Å². The van der Waals surface area contributed by atoms with Crippen molar-refractivity contribution in [3.05, 3.63) is 42.2 Å². The summed E-state index contributed by atoms with van der Waals surface area (Å²) in [5, 5.41) is 13.3. The Balaban J connectivity index is 1.78. The van der Waals surface area contributed by atoms with Gasteiger partial charge < -0.3 is 10.4 Å². The molecule has 1 amide bonds. The Morgan fingerprint density at radius 2 is 1.82 bits per heavy atom. The molecule has 0 radical (unpaired) electrons. The van der Waals surface area contributed by atoms with Gasteiger partial charge in [-0.2, -0.15) is 0 Å². The standard InChI is InChI=1S/C17H20N2O3/c20-16(21)9-3-1-2-6-10-19-17(22)15-12-18-11-13-7-4-5-8-14(13)15/h4-5,7-8,11-12H,1-3,6,9-10H2,(H,19,22)(H,20,21). The van der Waals surface area contributed by atoms with Crippen LogP contribution in [0.2, 0.25) is 0 Å². The zero-order valence-electron chi connectivity index (χ0n) is 12.4. The van der Waals surface area contributed by atoms with Crippen molar-refractivity contribution < 1.29 is 14.7 Å². The Morgan fingerprint density at radius 1 is 1.05 bits per heavy atom. The molecule has 5 nitrogen and oxygen atoms in total. The number of carbonyl (C=O) groups excluding carboxylic acids is 1. The predicted octanol–water partition coefficient (Wildman–Crippen LogP) is 3.00. The summed E-state index contributed by atoms with van der Waals surface area (Å²) in [6, 6.07) is 7.67. The van der Waals surface area contributed by atoms with Gasteiger partial charge in [0.25, 0.3) is 5.91 Å². The molecule has 0 saturated carbocycles. The van der Waals surface area contributed by atoms with Gasteiger partial charge >= 0.3 is 5.97 Å². The smallest absolute Gasteiger partial charge is 0.303 e. The van der Waals surface area contributed by atoms with Gasteiger partial charge in [0, 0.05) is 30.7 Å². The SMILES string of the molecule is O=C(O)CCCCCCNC(=O)c1cncc2ccccc12. The normalized spacial score (nSPS) is 10.5. The molecule has 1 aromatic heterocycles. The first kappa shape index (κ1) is 15.9. The van der Waals surface area contributed by atoms with Crippen LogP contribution >= 0.6 is 0 Å². The number of unbranched alkanes of at least 4 members (excludes halogenated alkanes) is 3. The maximum atomic E-state index is 12.2. The number of aliphatic carboxylic acids is 1. The highest BCUT2D eigenvalue weighted by Crippen LogP contribution is 2.16. The summed E-state index contributed by atoms with van der Waals surface area (Å²) < 4.78 is 0. The van der Waals surface area contributed by atoms with Crippen molar-refractivity contribution in [3.63, 3.8) is 0 Å². The minimum atomic E-state index is -0.753. The molecule has 0 aliphatic carbocycles. The third-order valence-corrected chi connectivity index (χ3v) is 3.52. The summed E-state index contributed by atoms with van der Waals surface area (Å²) in [5.74, 6) is -0.869. The van der Waals surface area contributed by atoms with Gasteiger partial charge in [0.1, 0.15) is 0 Å². The summed E-state index contributed by atoms with van der Waals surface area (Å²) >= 11 is 0. The predicted molar refractivity (Wildman–Crippen MR) is 84.8 cm³/mol. The molecule has 0 saturated heterocycles. The van der Waals surface area contributed by atoms with Gasteiger partial charge in [0.05, 0.1) is 5.56 Å². The fourth-order valence-corrected chi connectivity index (χ4v) is 2.35. The third kappa shape index (κ3) is 4.55. The molecule has 0 atom stereocenters. The number of carboxylic acids is 1. The lowest BCUT2D eigenvalue weighted by Gasteiger charge is -2.07. The van der Waals surface area contributed by atoms with Gasteiger partial charge in [-0.15, -0.1) is 0 Å². The number of carboxylic acid groups (broad SMARTS) is 1. The maximum absolute atomic E-state index is 12.2. The summed E-state index contributed by atoms with van der Waals surface area (Å²) in [5.41, 5.74) is 0.587. The summed E-state index contributed by atoms with van der Waals surface area (Å²) in [4.78, 5) is 26.7. The largest absolute Gasteiger partial charge is 0.481 e. The van der Waals surface area contributed by atoms with Crippen LogP contribution < -0.4 is 5.32 Å². The third-order valence-electron chi connectivity index (χ3n) is 3.52. The molecular weight excluding hydrogens is 280 g/mol. The zero-order chi connectivity index (χ0) is 15.8. The zero-order valence-corrected chi connectivity index (χ0v) is 12.4. The molecule has 0 aliphatic heterocycles. The van der Waals surface area contributed by atoms with E-state index in [2.05, 4.69) is 10.3 Å². The van der Waals surface area contributed by atoms with E-state index in [1.807, 2.05) is 24.3 Å². The Hall–Kier alpha value is -2.43. The molecule has 0 aliphatic rings. The van der Waals surface area contributed by atoms with Gasteiger partial charge in [0.2, 0.25) is 0 Å². The molecule has 0 spiro atoms. The number of rotatable bonds is 8. The first-order valence-corrected chi connectivity index (χ1v) is 7.51. The quantitative estimate of drug-likeness (QED) is 0.734. The van der Waals surface area contributed by atoms with Crippen LogP contribution in [-0.4, -0.2) is 28.5 Å². The van der Waals surface area contributed by atoms with E-state index in [-0.39, 0.29) is 12.3 Å². The lowest BCUT2D eigenvalue weighted by Crippen LogP contribution is -2.24. The molecule has 1 aromatic carbocycles. The number of pyridine rings is 1. The number of fused-ring (bicyclic) bond motifs is 1. The van der Waals surface area contributed by atoms with Crippen LogP contribution in [0.5, 0.6) is 0 Å². The second kappa shape index (κ2) is 8.12. The Labute approximate surface area is 129 Å². The Morgan fingerprint density at radius 3 is 2.64 bits per heavy atom. The van der Waals surface area contributed by atoms with Crippen LogP contribution in [-0.2, 0) is 4.79 Å². The molecule has 0 bridgehead atoms. The van der Waals surface area contributed by atoms with Crippen LogP contribution in [0, 0.1) is 0 Å². The Kier molecular flexibility index (Phi) is 5.89. The molecule has 116 valence electrons. The van der Waals surface area contributed by atoms with E-state index >= 15 is 0 Å². The molecular formula is C17H20N2O3. The lowest BCUT2D eigenvalue weighted by molar-refractivity contribution is -0.137. The first-order valence-electron chi connectivity index (χ1n) is 7.51. The number of nitrogens with one attached hydrogen (secondary N) is 1. The number of aromatic nitrogens is 1. The molecule has 0 unspecified atom stereocenters. The fraction of sp³-hybridized carbons (Fsp3) is 0.353. The highest BCUT2D eigenvalue weighted by molar-refractivity contribution is 6.06. The molecule has 1 heterocycles. The van der Waals surface area contributed by atoms with Crippen molar-refractivity contribution in [2.45, 2.75) is 32.1 Å². The van der Waals surface area contributed by atoms with Crippen molar-refractivity contribution in [2.75, 3.05) is 6.54 Å². The summed E-state index contributed by atoms with van der Waals surface area (Å²) in [6.07, 6.45) is 6.88. The average Bonchev–Trinajstić information content (AvgIpc) is 2.53. The van der Waals surface area contributed by atoms with Gasteiger partial charge in [-0.25, -0.2) is 0 Å². The van der Waals surface area contributed by atoms with Gasteiger partial charge in [0.15, 0.2) is 0 Å². The van der Waals surface area contributed by atoms with E-state index in [0.717, 1.165) is 30.0 Å². The molecule has 2 rings (SSSR count). The molecule has 2 N–H and O–H groups in total. The molecule has 2 aromatic rings. The van der Waals surface area contributed by atoms with E-state index in [4.69, 9.17) is 5.11 Å². The van der Waals surface area contributed by atoms with Gasteiger partial charge in [-0.3, -0.25) is 14.6 Å². The minimum absolute atomic E-state index is 0.116. The molecule has 5 heteroatoms. The number of benzene rings is 1. The number of hydrogen-bond donors (Lipinski definition) is 2. The minimum Gasteiger partial charge on any atom is -0.481 e. The summed E-state index contributed by atoms with van der Waals surface area (Å²) in [7, 11) is 0. The Bertz CT molecular complexity index is 650. The van der Waals surface area contributed by atoms with E-state index < -0.39 is 5.97 Å². The molecule has 0 fully saturated rings. The van der Waals surface area contributed by atoms with E-state index in [1.54, 1.807) is 12.4 Å². The maximum Gasteiger partial charge on any atom is 0.303 e. The highest BCUT2D eigenvalue weighted by atomic mass is 16.4. The van der Waals surface area contributed by atoms with E-state index in [9.17, 15) is 9.59 Å². The van der Waals surface area contributed by atoms with Crippen LogP contribution in [0.4, 0.5) is 0 Å². The van der Waals surface area contributed by atoms with E-state index in [1.165, 1.54) is 0 Å². The number of hydrogen-bond acceptors (Lipinski definition) is 3. The van der Waals surface area contributed by atoms with Gasteiger partial charge in [-0.1, -0.05) is 37.1 Å². The first-order chi connectivity index (χ1) is 10.7.